The lowest BCUT2D eigenvalue weighted by Crippen LogP contribution is -2.25. The number of hydrogen-bond acceptors (Lipinski definition) is 18. The molecular weight excluding hydrogens is 1700 g/mol. The van der Waals surface area contributed by atoms with Gasteiger partial charge in [-0.2, -0.15) is 4.39 Å². The number of aryl methyl sites for hydroxylation is 4. The molecule has 125 heavy (non-hydrogen) atoms. The van der Waals surface area contributed by atoms with Crippen LogP contribution in [0.2, 0.25) is 5.15 Å². The fraction of sp³-hybridized carbons (Fsp3) is 0.226. The van der Waals surface area contributed by atoms with E-state index in [1.807, 2.05) is 12.1 Å². The summed E-state index contributed by atoms with van der Waals surface area (Å²) in [5, 5.41) is 0.388. The minimum absolute atomic E-state index is 0.0841. The molecule has 0 fully saturated rings. The van der Waals surface area contributed by atoms with Gasteiger partial charge < -0.3 is 30.1 Å². The highest BCUT2D eigenvalue weighted by Gasteiger charge is 2.22. The number of nitrogens with zero attached hydrogens (tertiary/aromatic N) is 8. The maximum atomic E-state index is 14.6. The minimum Gasteiger partial charge on any atom is -0.481 e. The second-order valence-electron chi connectivity index (χ2n) is 28.8. The minimum atomic E-state index is -3.05. The van der Waals surface area contributed by atoms with Crippen LogP contribution in [-0.4, -0.2) is 119 Å². The number of nitrogen functional groups attached to an aromatic ring is 1. The first-order valence-electron chi connectivity index (χ1n) is 39.5. The Balaban J connectivity index is 0.000000189. The Bertz CT molecular complexity index is 5810. The third kappa shape index (κ3) is 26.3. The number of halogens is 6. The van der Waals surface area contributed by atoms with Gasteiger partial charge in [-0.25, -0.2) is 73.5 Å². The van der Waals surface area contributed by atoms with E-state index >= 15 is 0 Å². The van der Waals surface area contributed by atoms with Gasteiger partial charge in [-0.05, 0) is 208 Å². The van der Waals surface area contributed by atoms with E-state index in [2.05, 4.69) is 19.9 Å². The maximum Gasteiger partial charge on any atom is 0.226 e. The molecule has 0 bridgehead atoms. The van der Waals surface area contributed by atoms with Crippen molar-refractivity contribution in [3.63, 3.8) is 0 Å². The number of anilines is 5. The van der Waals surface area contributed by atoms with E-state index < -0.39 is 68.1 Å². The number of carbonyl (C=O) groups excluding carboxylic acids is 4. The quantitative estimate of drug-likeness (QED) is 0.0215. The topological polar surface area (TPSA) is 332 Å². The second-order valence-corrected chi connectivity index (χ2v) is 38.1. The first kappa shape index (κ1) is 96.4. The molecule has 0 aliphatic heterocycles. The number of aromatic nitrogens is 4. The van der Waals surface area contributed by atoms with Gasteiger partial charge in [0.2, 0.25) is 35.5 Å². The number of carbonyl (C=O) groups is 4. The van der Waals surface area contributed by atoms with Gasteiger partial charge in [-0.15, -0.1) is 0 Å². The van der Waals surface area contributed by atoms with Crippen LogP contribution in [0.3, 0.4) is 0 Å². The van der Waals surface area contributed by atoms with E-state index in [1.165, 1.54) is 70.3 Å². The summed E-state index contributed by atoms with van der Waals surface area (Å²) in [6, 6.07) is 58.8. The van der Waals surface area contributed by atoms with E-state index in [1.54, 1.807) is 243 Å². The van der Waals surface area contributed by atoms with Crippen molar-refractivity contribution in [2.45, 2.75) is 98.6 Å². The Morgan fingerprint density at radius 1 is 0.344 bits per heavy atom. The number of ether oxygens (including phenoxy) is 1. The SMILES string of the molecule is CCC(=O)N(C)c1ccc(-c2ccc(S(=N)(=O)CCc3ccc(Cl)nc3)cc2)cc1F.CCC(=O)N(C)c1ccc(-c2ccc(S(=N)(=O)CCc3ccc(F)nc3)cc2)cc1F.CCC(=O)N(C)c1ccc(-c2ccc(S(=N)(=O)CCc3ccc(N)nc3)cc2)cc1F.CCC(=O)N(C)c1ccc(-c2ccc(S(=N)(=O)CCc3ccc(OC)nc3)cc2)cc1F. The predicted molar refractivity (Wildman–Crippen MR) is 486 cm³/mol. The lowest BCUT2D eigenvalue weighted by atomic mass is 10.0. The van der Waals surface area contributed by atoms with Crippen LogP contribution in [0.1, 0.15) is 75.6 Å². The third-order valence-corrected chi connectivity index (χ3v) is 27.8. The fourth-order valence-electron chi connectivity index (χ4n) is 12.7. The van der Waals surface area contributed by atoms with E-state index in [0.717, 1.165) is 33.4 Å². The zero-order chi connectivity index (χ0) is 91.1. The molecule has 8 aromatic carbocycles. The van der Waals surface area contributed by atoms with E-state index in [4.69, 9.17) is 41.2 Å². The van der Waals surface area contributed by atoms with Gasteiger partial charge >= 0.3 is 0 Å². The summed E-state index contributed by atoms with van der Waals surface area (Å²) in [5.41, 5.74) is 15.2. The maximum absolute atomic E-state index is 14.6. The molecule has 32 heteroatoms. The lowest BCUT2D eigenvalue weighted by molar-refractivity contribution is -0.118. The average molecular weight is 1800 g/mol. The molecule has 0 radical (unpaired) electrons. The van der Waals surface area contributed by atoms with Gasteiger partial charge in [0, 0.05) is 127 Å². The summed E-state index contributed by atoms with van der Waals surface area (Å²) >= 11 is 5.77. The average Bonchev–Trinajstić information content (AvgIpc) is 0.817. The van der Waals surface area contributed by atoms with Crippen molar-refractivity contribution in [3.8, 4) is 50.4 Å². The second kappa shape index (κ2) is 43.8. The molecule has 4 aromatic heterocycles. The summed E-state index contributed by atoms with van der Waals surface area (Å²) in [7, 11) is -4.29. The van der Waals surface area contributed by atoms with Crippen LogP contribution in [-0.2, 0) is 83.8 Å². The summed E-state index contributed by atoms with van der Waals surface area (Å²) < 4.78 is 161. The third-order valence-electron chi connectivity index (χ3n) is 20.4. The molecule has 4 atom stereocenters. The fourth-order valence-corrected chi connectivity index (χ4v) is 18.1. The van der Waals surface area contributed by atoms with Crippen molar-refractivity contribution in [2.75, 3.05) is 83.6 Å². The van der Waals surface area contributed by atoms with Crippen LogP contribution in [0, 0.1) is 48.3 Å². The van der Waals surface area contributed by atoms with Crippen molar-refractivity contribution in [1.29, 1.82) is 19.1 Å². The molecule has 0 saturated carbocycles. The highest BCUT2D eigenvalue weighted by Crippen LogP contribution is 2.34. The van der Waals surface area contributed by atoms with Crippen LogP contribution in [0.15, 0.2) is 263 Å². The van der Waals surface area contributed by atoms with Gasteiger partial charge in [0.25, 0.3) is 0 Å². The lowest BCUT2D eigenvalue weighted by Gasteiger charge is -2.18. The normalized spacial score (nSPS) is 12.9. The number of nitrogens with two attached hydrogens (primary N) is 1. The van der Waals surface area contributed by atoms with Crippen molar-refractivity contribution < 1.29 is 62.7 Å². The van der Waals surface area contributed by atoms with Gasteiger partial charge in [0.1, 0.15) is 34.2 Å². The zero-order valence-corrected chi connectivity index (χ0v) is 74.3. The number of rotatable bonds is 29. The molecule has 12 aromatic rings. The highest BCUT2D eigenvalue weighted by atomic mass is 35.5. The van der Waals surface area contributed by atoms with Gasteiger partial charge in [0.15, 0.2) is 0 Å². The Kier molecular flexibility index (Phi) is 33.7. The Hall–Kier alpha value is -12.4. The Morgan fingerprint density at radius 3 is 0.808 bits per heavy atom. The van der Waals surface area contributed by atoms with E-state index in [9.17, 15) is 58.0 Å². The molecule has 0 saturated heterocycles. The van der Waals surface area contributed by atoms with Gasteiger partial charge in [0.05, 0.1) is 68.8 Å². The van der Waals surface area contributed by atoms with Crippen molar-refractivity contribution in [2.24, 2.45) is 0 Å². The highest BCUT2D eigenvalue weighted by molar-refractivity contribution is 7.93. The molecule has 654 valence electrons. The molecule has 6 N–H and O–H groups in total. The van der Waals surface area contributed by atoms with Gasteiger partial charge in [-0.3, -0.25) is 19.2 Å². The zero-order valence-electron chi connectivity index (χ0n) is 70.3. The number of amides is 4. The molecule has 22 nitrogen and oxygen atoms in total. The van der Waals surface area contributed by atoms with Crippen LogP contribution in [0.25, 0.3) is 44.5 Å². The number of hydrogen-bond donors (Lipinski definition) is 5. The van der Waals surface area contributed by atoms with Crippen LogP contribution in [0.5, 0.6) is 5.88 Å². The number of nitrogens with one attached hydrogen (secondary N) is 4. The molecule has 4 amide bonds. The summed E-state index contributed by atoms with van der Waals surface area (Å²) in [5.74, 6) is -1.77. The Morgan fingerprint density at radius 2 is 0.592 bits per heavy atom. The standard InChI is InChI=1S/C24H26FN3O3S.C23H23ClFN3O2S.C23H23F2N3O2S.C23H25FN4O2S/c1-4-24(29)28(2)22-11-8-19(15-21(22)25)18-6-9-20(10-7-18)32(26,30)14-13-17-5-12-23(31-3)27-16-17;1-3-23(29)28(2)21-10-7-18(14-20(21)25)17-5-8-19(9-6-17)31(26,30)13-12-16-4-11-22(24)27-15-16;2*1-3-23(29)28(2)21-10-7-18(14-20(21)24)17-5-8-19(9-6-17)31(26,30)13-12-16-4-11-22(25)27-15-16/h5-12,15-16,26H,4,13-14H2,1-3H3;2*4-11,14-15,26H,3,12-13H2,1-2H3;4-11,14-15,26H,3,12-13H2,1-2H3,(H2,25,27). The van der Waals surface area contributed by atoms with Crippen LogP contribution in [0.4, 0.5) is 50.5 Å². The van der Waals surface area contributed by atoms with Crippen molar-refractivity contribution in [1.82, 2.24) is 19.9 Å². The summed E-state index contributed by atoms with van der Waals surface area (Å²) in [6.07, 6.45) is 9.12. The first-order valence-corrected chi connectivity index (χ1v) is 46.8. The van der Waals surface area contributed by atoms with Crippen LogP contribution >= 0.6 is 11.6 Å². The van der Waals surface area contributed by atoms with Gasteiger partial charge in [-0.1, -0.05) is 136 Å². The van der Waals surface area contributed by atoms with E-state index in [0.29, 0.717) is 115 Å². The molecule has 0 aliphatic rings. The molecule has 4 heterocycles. The molecule has 0 aliphatic carbocycles. The Labute approximate surface area is 732 Å². The van der Waals surface area contributed by atoms with Crippen molar-refractivity contribution in [3.05, 3.63) is 300 Å². The summed E-state index contributed by atoms with van der Waals surface area (Å²) in [4.78, 5) is 69.8. The smallest absolute Gasteiger partial charge is 0.226 e. The van der Waals surface area contributed by atoms with E-state index in [-0.39, 0.29) is 75.8 Å². The molecule has 0 spiro atoms. The predicted octanol–water partition coefficient (Wildman–Crippen LogP) is 20.0. The van der Waals surface area contributed by atoms with Crippen LogP contribution < -0.4 is 30.1 Å². The monoisotopic (exact) mass is 1800 g/mol. The molecule has 12 rings (SSSR count). The first-order chi connectivity index (χ1) is 59.4. The summed E-state index contributed by atoms with van der Waals surface area (Å²) in [6.45, 7) is 6.89. The number of benzene rings is 8. The molecule has 4 unspecified atom stereocenters. The number of pyridine rings is 4. The largest absolute Gasteiger partial charge is 0.481 e. The van der Waals surface area contributed by atoms with Crippen molar-refractivity contribution >= 4 is 103 Å². The molecular formula is C93H97ClF5N13O9S4. The number of methoxy groups -OCH3 is 1.